The summed E-state index contributed by atoms with van der Waals surface area (Å²) < 4.78 is 2.24. The van der Waals surface area contributed by atoms with Gasteiger partial charge in [0.1, 0.15) is 31.7 Å². The van der Waals surface area contributed by atoms with Crippen LogP contribution in [0.15, 0.2) is 23.3 Å². The topological polar surface area (TPSA) is 0 Å². The number of halogens is 1. The lowest BCUT2D eigenvalue weighted by molar-refractivity contribution is -1.52. The van der Waals surface area contributed by atoms with Crippen LogP contribution in [-0.2, 0) is 0 Å². The van der Waals surface area contributed by atoms with Crippen molar-refractivity contribution in [2.24, 2.45) is 0 Å². The molecule has 1 heterocycles. The molecule has 1 aliphatic heterocycles. The Labute approximate surface area is 164 Å². The van der Waals surface area contributed by atoms with E-state index in [9.17, 15) is 0 Å². The summed E-state index contributed by atoms with van der Waals surface area (Å²) in [6, 6.07) is 0. The van der Waals surface area contributed by atoms with Gasteiger partial charge in [0.05, 0.1) is 0 Å². The van der Waals surface area contributed by atoms with E-state index in [0.717, 1.165) is 22.1 Å². The smallest absolute Gasteiger partial charge is 0.173 e. The number of quaternary nitrogens is 2. The predicted octanol–water partition coefficient (Wildman–Crippen LogP) is 5.98. The molecular weight excluding hydrogens is 407 g/mol. The summed E-state index contributed by atoms with van der Waals surface area (Å²) in [7, 11) is 4.92. The first kappa shape index (κ1) is 20.4. The van der Waals surface area contributed by atoms with Gasteiger partial charge < -0.3 is 0 Å². The van der Waals surface area contributed by atoms with Crippen molar-refractivity contribution in [3.63, 3.8) is 0 Å². The van der Waals surface area contributed by atoms with Crippen LogP contribution < -0.4 is 0 Å². The molecule has 24 heavy (non-hydrogen) atoms. The molecule has 0 bridgehead atoms. The highest BCUT2D eigenvalue weighted by Gasteiger charge is 2.73. The fraction of sp³-hybridized carbons (Fsp3) is 0.810. The maximum atomic E-state index is 2.82. The van der Waals surface area contributed by atoms with Crippen LogP contribution in [0.1, 0.15) is 74.1 Å². The minimum atomic E-state index is 0.0916. The third-order valence-electron chi connectivity index (χ3n) is 7.21. The lowest BCUT2D eigenvalue weighted by Gasteiger charge is -2.70. The van der Waals surface area contributed by atoms with Gasteiger partial charge in [0, 0.05) is 41.9 Å². The molecule has 2 nitrogen and oxygen atoms in total. The van der Waals surface area contributed by atoms with Crippen molar-refractivity contribution in [2.45, 2.75) is 88.8 Å². The first-order valence-electron chi connectivity index (χ1n) is 9.56. The summed E-state index contributed by atoms with van der Waals surface area (Å²) in [5.74, 6) is 0. The second-order valence-corrected chi connectivity index (χ2v) is 11.7. The van der Waals surface area contributed by atoms with E-state index in [4.69, 9.17) is 0 Å². The number of piperidine rings is 1. The van der Waals surface area contributed by atoms with Crippen LogP contribution in [0.2, 0.25) is 0 Å². The van der Waals surface area contributed by atoms with Crippen molar-refractivity contribution < 1.29 is 9.18 Å². The van der Waals surface area contributed by atoms with Gasteiger partial charge in [0.2, 0.25) is 3.55 Å². The SMILES string of the molecule is CC[N+](C)(C)[N+]1(C2(I)C=C(C)C(C)=CC2)C(C)(C)CCCC1(C)C. The molecule has 138 valence electrons. The van der Waals surface area contributed by atoms with E-state index < -0.39 is 0 Å². The summed E-state index contributed by atoms with van der Waals surface area (Å²) >= 11 is 2.82. The molecule has 3 heteroatoms. The Morgan fingerprint density at radius 3 is 1.96 bits per heavy atom. The molecule has 2 rings (SSSR count). The molecule has 1 fully saturated rings. The second-order valence-electron chi connectivity index (χ2n) is 9.79. The van der Waals surface area contributed by atoms with E-state index in [1.807, 2.05) is 0 Å². The molecule has 0 aromatic carbocycles. The van der Waals surface area contributed by atoms with Crippen LogP contribution in [0, 0.1) is 0 Å². The zero-order valence-corrected chi connectivity index (χ0v) is 19.6. The number of alkyl halides is 1. The van der Waals surface area contributed by atoms with E-state index >= 15 is 0 Å². The van der Waals surface area contributed by atoms with Crippen LogP contribution in [-0.4, -0.2) is 44.4 Å². The van der Waals surface area contributed by atoms with Gasteiger partial charge in [-0.15, -0.1) is 4.59 Å². The summed E-state index contributed by atoms with van der Waals surface area (Å²) in [4.78, 5) is 0. The summed E-state index contributed by atoms with van der Waals surface area (Å²) in [6.45, 7) is 18.2. The average molecular weight is 446 g/mol. The summed E-state index contributed by atoms with van der Waals surface area (Å²) in [5, 5.41) is 0. The van der Waals surface area contributed by atoms with E-state index in [-0.39, 0.29) is 14.6 Å². The van der Waals surface area contributed by atoms with Crippen molar-refractivity contribution in [3.05, 3.63) is 23.3 Å². The van der Waals surface area contributed by atoms with Gasteiger partial charge in [-0.1, -0.05) is 11.6 Å². The summed E-state index contributed by atoms with van der Waals surface area (Å²) in [5.41, 5.74) is 3.38. The van der Waals surface area contributed by atoms with Crippen molar-refractivity contribution in [3.8, 4) is 0 Å². The van der Waals surface area contributed by atoms with E-state index in [1.54, 1.807) is 0 Å². The summed E-state index contributed by atoms with van der Waals surface area (Å²) in [6.07, 6.45) is 10.2. The maximum absolute atomic E-state index is 2.82. The van der Waals surface area contributed by atoms with Crippen molar-refractivity contribution in [1.29, 1.82) is 0 Å². The Bertz CT molecular complexity index is 539. The average Bonchev–Trinajstić information content (AvgIpc) is 2.41. The first-order chi connectivity index (χ1) is 10.8. The number of allylic oxidation sites excluding steroid dienone is 2. The molecule has 1 atom stereocenters. The van der Waals surface area contributed by atoms with Gasteiger partial charge >= 0.3 is 0 Å². The predicted molar refractivity (Wildman–Crippen MR) is 114 cm³/mol. The minimum Gasteiger partial charge on any atom is -0.173 e. The van der Waals surface area contributed by atoms with Crippen LogP contribution in [0.25, 0.3) is 0 Å². The lowest BCUT2D eigenvalue weighted by atomic mass is 9.74. The number of hydrogen-bond donors (Lipinski definition) is 0. The fourth-order valence-corrected chi connectivity index (χ4v) is 9.00. The van der Waals surface area contributed by atoms with Gasteiger partial charge in [0.15, 0.2) is 0 Å². The van der Waals surface area contributed by atoms with Crippen LogP contribution >= 0.6 is 22.6 Å². The highest BCUT2D eigenvalue weighted by Crippen LogP contribution is 2.59. The third kappa shape index (κ3) is 2.56. The molecule has 1 saturated heterocycles. The Kier molecular flexibility index (Phi) is 5.19. The quantitative estimate of drug-likeness (QED) is 0.216. The Morgan fingerprint density at radius 1 is 1.04 bits per heavy atom. The molecule has 0 N–H and O–H groups in total. The molecule has 0 amide bonds. The monoisotopic (exact) mass is 446 g/mol. The number of hydrogen-bond acceptors (Lipinski definition) is 0. The molecule has 0 radical (unpaired) electrons. The van der Waals surface area contributed by atoms with Gasteiger partial charge in [-0.3, -0.25) is 0 Å². The first-order valence-corrected chi connectivity index (χ1v) is 10.6. The van der Waals surface area contributed by atoms with Crippen LogP contribution in [0.5, 0.6) is 0 Å². The Hall–Kier alpha value is 0.130. The highest BCUT2D eigenvalue weighted by molar-refractivity contribution is 14.1. The maximum Gasteiger partial charge on any atom is 0.215 e. The normalized spacial score (nSPS) is 32.1. The van der Waals surface area contributed by atoms with E-state index in [1.165, 1.54) is 30.4 Å². The van der Waals surface area contributed by atoms with Crippen LogP contribution in [0.3, 0.4) is 0 Å². The number of likely N-dealkylation sites (tertiary alicyclic amines) is 1. The van der Waals surface area contributed by atoms with Crippen molar-refractivity contribution in [2.75, 3.05) is 20.6 Å². The molecule has 2 aliphatic rings. The van der Waals surface area contributed by atoms with Gasteiger partial charge in [-0.25, -0.2) is 0 Å². The van der Waals surface area contributed by atoms with E-state index in [2.05, 4.69) is 97.3 Å². The van der Waals surface area contributed by atoms with Gasteiger partial charge in [-0.05, 0) is 66.5 Å². The standard InChI is InChI=1S/C21H39IN2/c1-10-23(8,9)24(19(4,5)13-11-14-20(24,6)7)21(22)15-12-17(2)18(3)16-21/h12,16H,10-11,13-15H2,1-9H3/q+2. The van der Waals surface area contributed by atoms with Gasteiger partial charge in [0.25, 0.3) is 0 Å². The van der Waals surface area contributed by atoms with Crippen LogP contribution in [0.4, 0.5) is 0 Å². The molecule has 0 aromatic heterocycles. The Balaban J connectivity index is 2.84. The lowest BCUT2D eigenvalue weighted by Crippen LogP contribution is -2.89. The zero-order valence-electron chi connectivity index (χ0n) is 17.5. The fourth-order valence-electron chi connectivity index (χ4n) is 6.42. The molecule has 0 saturated carbocycles. The van der Waals surface area contributed by atoms with Crippen molar-refractivity contribution in [1.82, 2.24) is 0 Å². The molecule has 0 spiro atoms. The molecular formula is C21H39IN2+2. The van der Waals surface area contributed by atoms with E-state index in [0.29, 0.717) is 0 Å². The number of nitrogens with zero attached hydrogens (tertiary/aromatic N) is 2. The molecule has 0 aromatic rings. The molecule has 1 unspecified atom stereocenters. The third-order valence-corrected chi connectivity index (χ3v) is 8.66. The largest absolute Gasteiger partial charge is 0.215 e. The Morgan fingerprint density at radius 2 is 1.54 bits per heavy atom. The molecule has 1 aliphatic carbocycles. The van der Waals surface area contributed by atoms with Gasteiger partial charge in [-0.2, -0.15) is 4.59 Å². The zero-order chi connectivity index (χ0) is 18.6. The minimum absolute atomic E-state index is 0.0916. The second kappa shape index (κ2) is 6.09. The number of rotatable bonds is 3. The highest BCUT2D eigenvalue weighted by atomic mass is 127. The van der Waals surface area contributed by atoms with Crippen molar-refractivity contribution >= 4 is 22.6 Å².